The minimum atomic E-state index is -0.0982. The number of fused-ring (bicyclic) bond motifs is 6. The summed E-state index contributed by atoms with van der Waals surface area (Å²) in [6.07, 6.45) is 0. The van der Waals surface area contributed by atoms with E-state index in [0.717, 1.165) is 34.2 Å². The second-order valence-electron chi connectivity index (χ2n) is 12.4. The Morgan fingerprint density at radius 3 is 1.67 bits per heavy atom. The largest absolute Gasteiger partial charge is 0.309 e. The maximum atomic E-state index is 4.82. The molecule has 45 heavy (non-hydrogen) atoms. The van der Waals surface area contributed by atoms with Crippen LogP contribution in [0.4, 0.5) is 0 Å². The zero-order chi connectivity index (χ0) is 30.1. The molecule has 0 saturated heterocycles. The van der Waals surface area contributed by atoms with Gasteiger partial charge in [0, 0.05) is 38.7 Å². The van der Waals surface area contributed by atoms with Gasteiger partial charge in [-0.3, -0.25) is 4.57 Å². The SMILES string of the molecule is CC1(C)c2ccccc2-c2ccc(-c3nnc(-c4ccccc4)n3-c3ccc(-n4c5ccccc5c5ccccc54)cc3)cc21. The minimum absolute atomic E-state index is 0.0982. The predicted octanol–water partition coefficient (Wildman–Crippen LogP) is 10.0. The Hall–Kier alpha value is -5.74. The van der Waals surface area contributed by atoms with E-state index in [2.05, 4.69) is 163 Å². The molecular weight excluding hydrogens is 548 g/mol. The van der Waals surface area contributed by atoms with Gasteiger partial charge in [-0.1, -0.05) is 117 Å². The summed E-state index contributed by atoms with van der Waals surface area (Å²) >= 11 is 0. The van der Waals surface area contributed by atoms with E-state index in [0.29, 0.717) is 0 Å². The molecule has 0 atom stereocenters. The van der Waals surface area contributed by atoms with Crippen molar-refractivity contribution in [2.75, 3.05) is 0 Å². The molecule has 0 amide bonds. The van der Waals surface area contributed by atoms with Crippen LogP contribution in [0.3, 0.4) is 0 Å². The van der Waals surface area contributed by atoms with Crippen molar-refractivity contribution in [2.24, 2.45) is 0 Å². The smallest absolute Gasteiger partial charge is 0.168 e. The van der Waals surface area contributed by atoms with Gasteiger partial charge in [-0.05, 0) is 64.7 Å². The molecule has 4 nitrogen and oxygen atoms in total. The topological polar surface area (TPSA) is 35.6 Å². The standard InChI is InChI=1S/C41H30N4/c1-41(2)35-17-9-6-14-31(35)32-25-20-28(26-36(32)41)40-43-42-39(27-12-4-3-5-13-27)45(40)30-23-21-29(22-24-30)44-37-18-10-7-15-33(37)34-16-8-11-19-38(34)44/h3-26H,1-2H3. The molecule has 0 spiro atoms. The summed E-state index contributed by atoms with van der Waals surface area (Å²) < 4.78 is 4.54. The van der Waals surface area contributed by atoms with Gasteiger partial charge in [-0.25, -0.2) is 0 Å². The highest BCUT2D eigenvalue weighted by molar-refractivity contribution is 6.09. The molecule has 1 aliphatic carbocycles. The van der Waals surface area contributed by atoms with Crippen LogP contribution in [-0.4, -0.2) is 19.3 Å². The molecule has 1 aliphatic rings. The van der Waals surface area contributed by atoms with Crippen molar-refractivity contribution in [3.8, 4) is 45.3 Å². The minimum Gasteiger partial charge on any atom is -0.309 e. The average Bonchev–Trinajstić information content (AvgIpc) is 3.75. The first-order valence-electron chi connectivity index (χ1n) is 15.4. The number of hydrogen-bond donors (Lipinski definition) is 0. The van der Waals surface area contributed by atoms with Crippen molar-refractivity contribution in [1.29, 1.82) is 0 Å². The van der Waals surface area contributed by atoms with Crippen LogP contribution in [-0.2, 0) is 5.41 Å². The summed E-state index contributed by atoms with van der Waals surface area (Å²) in [4.78, 5) is 0. The molecule has 8 aromatic rings. The fraction of sp³-hybridized carbons (Fsp3) is 0.0732. The molecule has 2 aromatic heterocycles. The van der Waals surface area contributed by atoms with Gasteiger partial charge in [-0.2, -0.15) is 0 Å². The zero-order valence-corrected chi connectivity index (χ0v) is 25.1. The Kier molecular flexibility index (Phi) is 5.51. The first-order valence-corrected chi connectivity index (χ1v) is 15.4. The van der Waals surface area contributed by atoms with Crippen molar-refractivity contribution in [1.82, 2.24) is 19.3 Å². The lowest BCUT2D eigenvalue weighted by molar-refractivity contribution is 0.660. The lowest BCUT2D eigenvalue weighted by Crippen LogP contribution is -2.15. The van der Waals surface area contributed by atoms with Crippen LogP contribution >= 0.6 is 0 Å². The normalized spacial score (nSPS) is 13.3. The Balaban J connectivity index is 1.21. The Bertz CT molecular complexity index is 2340. The fourth-order valence-electron chi connectivity index (χ4n) is 7.28. The highest BCUT2D eigenvalue weighted by Crippen LogP contribution is 2.49. The summed E-state index contributed by atoms with van der Waals surface area (Å²) in [5.74, 6) is 1.64. The monoisotopic (exact) mass is 578 g/mol. The Morgan fingerprint density at radius 2 is 0.978 bits per heavy atom. The maximum absolute atomic E-state index is 4.82. The molecule has 0 N–H and O–H groups in total. The van der Waals surface area contributed by atoms with E-state index < -0.39 is 0 Å². The van der Waals surface area contributed by atoms with Crippen molar-refractivity contribution < 1.29 is 0 Å². The van der Waals surface area contributed by atoms with Crippen LogP contribution < -0.4 is 0 Å². The van der Waals surface area contributed by atoms with Crippen molar-refractivity contribution >= 4 is 21.8 Å². The van der Waals surface area contributed by atoms with E-state index in [4.69, 9.17) is 10.2 Å². The van der Waals surface area contributed by atoms with Crippen LogP contribution in [0.5, 0.6) is 0 Å². The van der Waals surface area contributed by atoms with Crippen LogP contribution in [0.25, 0.3) is 67.1 Å². The second kappa shape index (κ2) is 9.63. The molecule has 0 aliphatic heterocycles. The Morgan fingerprint density at radius 1 is 0.444 bits per heavy atom. The van der Waals surface area contributed by atoms with Crippen LogP contribution in [0.2, 0.25) is 0 Å². The molecule has 6 aromatic carbocycles. The summed E-state index contributed by atoms with van der Waals surface area (Å²) in [5, 5.41) is 12.1. The molecule has 0 radical (unpaired) electrons. The van der Waals surface area contributed by atoms with Gasteiger partial charge in [0.05, 0.1) is 11.0 Å². The molecule has 4 heteroatoms. The van der Waals surface area contributed by atoms with Crippen LogP contribution in [0, 0.1) is 0 Å². The van der Waals surface area contributed by atoms with Gasteiger partial charge in [0.15, 0.2) is 11.6 Å². The predicted molar refractivity (Wildman–Crippen MR) is 184 cm³/mol. The maximum Gasteiger partial charge on any atom is 0.168 e. The number of nitrogens with zero attached hydrogens (tertiary/aromatic N) is 4. The third-order valence-corrected chi connectivity index (χ3v) is 9.48. The first kappa shape index (κ1) is 25.7. The van der Waals surface area contributed by atoms with E-state index >= 15 is 0 Å². The van der Waals surface area contributed by atoms with Crippen molar-refractivity contribution in [2.45, 2.75) is 19.3 Å². The summed E-state index contributed by atoms with van der Waals surface area (Å²) in [7, 11) is 0. The number of para-hydroxylation sites is 2. The van der Waals surface area contributed by atoms with Gasteiger partial charge in [0.2, 0.25) is 0 Å². The third-order valence-electron chi connectivity index (χ3n) is 9.48. The van der Waals surface area contributed by atoms with Gasteiger partial charge in [-0.15, -0.1) is 10.2 Å². The number of benzene rings is 6. The summed E-state index contributed by atoms with van der Waals surface area (Å²) in [6, 6.07) is 51.9. The summed E-state index contributed by atoms with van der Waals surface area (Å²) in [5.41, 5.74) is 11.8. The molecule has 214 valence electrons. The second-order valence-corrected chi connectivity index (χ2v) is 12.4. The van der Waals surface area contributed by atoms with E-state index in [1.165, 1.54) is 44.1 Å². The average molecular weight is 579 g/mol. The first-order chi connectivity index (χ1) is 22.1. The van der Waals surface area contributed by atoms with E-state index in [9.17, 15) is 0 Å². The van der Waals surface area contributed by atoms with Crippen molar-refractivity contribution in [3.63, 3.8) is 0 Å². The van der Waals surface area contributed by atoms with Crippen molar-refractivity contribution in [3.05, 3.63) is 157 Å². The highest BCUT2D eigenvalue weighted by atomic mass is 15.3. The molecule has 2 heterocycles. The van der Waals surface area contributed by atoms with Gasteiger partial charge in [0.1, 0.15) is 0 Å². The van der Waals surface area contributed by atoms with Crippen LogP contribution in [0.1, 0.15) is 25.0 Å². The quantitative estimate of drug-likeness (QED) is 0.208. The molecular formula is C41H30N4. The number of hydrogen-bond acceptors (Lipinski definition) is 2. The molecule has 0 saturated carbocycles. The van der Waals surface area contributed by atoms with Gasteiger partial charge < -0.3 is 4.57 Å². The number of rotatable bonds is 4. The molecule has 9 rings (SSSR count). The lowest BCUT2D eigenvalue weighted by Gasteiger charge is -2.22. The zero-order valence-electron chi connectivity index (χ0n) is 25.1. The van der Waals surface area contributed by atoms with Gasteiger partial charge >= 0.3 is 0 Å². The molecule has 0 bridgehead atoms. The Labute approximate surface area is 261 Å². The number of aromatic nitrogens is 4. The lowest BCUT2D eigenvalue weighted by atomic mass is 9.82. The third kappa shape index (κ3) is 3.79. The van der Waals surface area contributed by atoms with E-state index in [-0.39, 0.29) is 5.41 Å². The van der Waals surface area contributed by atoms with E-state index in [1.807, 2.05) is 6.07 Å². The van der Waals surface area contributed by atoms with Gasteiger partial charge in [0.25, 0.3) is 0 Å². The van der Waals surface area contributed by atoms with Crippen LogP contribution in [0.15, 0.2) is 146 Å². The molecule has 0 unspecified atom stereocenters. The highest BCUT2D eigenvalue weighted by Gasteiger charge is 2.35. The summed E-state index contributed by atoms with van der Waals surface area (Å²) in [6.45, 7) is 4.63. The fourth-order valence-corrected chi connectivity index (χ4v) is 7.28. The van der Waals surface area contributed by atoms with E-state index in [1.54, 1.807) is 0 Å². The molecule has 0 fully saturated rings.